The normalized spacial score (nSPS) is 29.2. The van der Waals surface area contributed by atoms with Gasteiger partial charge in [-0.3, -0.25) is 14.4 Å². The second kappa shape index (κ2) is 8.36. The summed E-state index contributed by atoms with van der Waals surface area (Å²) in [4.78, 5) is 42.3. The molecular formula is C30H25BrN2O4. The molecule has 0 radical (unpaired) electrons. The first-order chi connectivity index (χ1) is 18.0. The Balaban J connectivity index is 1.26. The Labute approximate surface area is 223 Å². The number of anilines is 1. The van der Waals surface area contributed by atoms with Crippen LogP contribution in [0.4, 0.5) is 5.69 Å². The van der Waals surface area contributed by atoms with Crippen LogP contribution in [0, 0.1) is 11.8 Å². The molecule has 2 bridgehead atoms. The minimum atomic E-state index is -0.794. The summed E-state index contributed by atoms with van der Waals surface area (Å²) in [5.41, 5.74) is 5.11. The highest BCUT2D eigenvalue weighted by atomic mass is 79.9. The molecule has 186 valence electrons. The maximum Gasteiger partial charge on any atom is 0.251 e. The third-order valence-electron chi connectivity index (χ3n) is 8.40. The molecular weight excluding hydrogens is 532 g/mol. The van der Waals surface area contributed by atoms with E-state index in [1.807, 2.05) is 24.3 Å². The Hall–Kier alpha value is -3.29. The van der Waals surface area contributed by atoms with Crippen molar-refractivity contribution in [2.45, 2.75) is 29.2 Å². The molecule has 3 amide bonds. The van der Waals surface area contributed by atoms with Crippen LogP contribution < -0.4 is 10.2 Å². The molecule has 8 rings (SSSR count). The summed E-state index contributed by atoms with van der Waals surface area (Å²) in [6.07, 6.45) is 1.97. The highest BCUT2D eigenvalue weighted by molar-refractivity contribution is 9.09. The minimum absolute atomic E-state index is 0.0332. The van der Waals surface area contributed by atoms with Crippen LogP contribution in [0.2, 0.25) is 0 Å². The van der Waals surface area contributed by atoms with Gasteiger partial charge in [0.2, 0.25) is 11.8 Å². The molecule has 1 N–H and O–H groups in total. The van der Waals surface area contributed by atoms with E-state index < -0.39 is 16.2 Å². The van der Waals surface area contributed by atoms with Gasteiger partial charge in [0.15, 0.2) is 0 Å². The van der Waals surface area contributed by atoms with Gasteiger partial charge in [0.05, 0.1) is 28.0 Å². The number of benzene rings is 3. The quantitative estimate of drug-likeness (QED) is 0.379. The molecule has 2 saturated heterocycles. The van der Waals surface area contributed by atoms with Gasteiger partial charge in [-0.1, -0.05) is 70.5 Å². The number of amides is 3. The van der Waals surface area contributed by atoms with Crippen molar-refractivity contribution in [2.75, 3.05) is 18.1 Å². The fourth-order valence-corrected chi connectivity index (χ4v) is 8.04. The summed E-state index contributed by atoms with van der Waals surface area (Å²) in [6, 6.07) is 23.0. The number of alkyl halides is 1. The average molecular weight is 557 g/mol. The van der Waals surface area contributed by atoms with Crippen LogP contribution in [0.15, 0.2) is 72.8 Å². The molecule has 37 heavy (non-hydrogen) atoms. The number of hydrogen-bond donors (Lipinski definition) is 1. The second-order valence-electron chi connectivity index (χ2n) is 10.3. The SMILES string of the molecule is O=C(NC[C@@H]1CCCO1)c1cccc(N2C(=O)[C@H]3C4c5ccccc5C(Br)(c5ccccc54)[C@H]3C2=O)c1. The van der Waals surface area contributed by atoms with E-state index in [9.17, 15) is 14.4 Å². The number of nitrogens with zero attached hydrogens (tertiary/aromatic N) is 1. The van der Waals surface area contributed by atoms with Gasteiger partial charge < -0.3 is 10.1 Å². The van der Waals surface area contributed by atoms with Crippen LogP contribution in [-0.4, -0.2) is 37.0 Å². The van der Waals surface area contributed by atoms with Crippen molar-refractivity contribution in [2.24, 2.45) is 11.8 Å². The van der Waals surface area contributed by atoms with E-state index in [1.54, 1.807) is 24.3 Å². The van der Waals surface area contributed by atoms with Crippen molar-refractivity contribution in [3.8, 4) is 0 Å². The van der Waals surface area contributed by atoms with Gasteiger partial charge in [0, 0.05) is 24.6 Å². The zero-order valence-corrected chi connectivity index (χ0v) is 21.6. The molecule has 0 aromatic heterocycles. The number of ether oxygens (including phenoxy) is 1. The summed E-state index contributed by atoms with van der Waals surface area (Å²) < 4.78 is 4.80. The summed E-state index contributed by atoms with van der Waals surface area (Å²) in [5.74, 6) is -2.00. The number of nitrogens with one attached hydrogen (secondary N) is 1. The third kappa shape index (κ3) is 3.17. The molecule has 2 fully saturated rings. The van der Waals surface area contributed by atoms with Gasteiger partial charge in [-0.15, -0.1) is 0 Å². The van der Waals surface area contributed by atoms with Crippen molar-refractivity contribution in [3.05, 3.63) is 101 Å². The molecule has 0 saturated carbocycles. The van der Waals surface area contributed by atoms with Crippen molar-refractivity contribution in [1.29, 1.82) is 0 Å². The molecule has 7 heteroatoms. The zero-order valence-electron chi connectivity index (χ0n) is 20.0. The number of rotatable bonds is 4. The summed E-state index contributed by atoms with van der Waals surface area (Å²) in [6.45, 7) is 1.17. The molecule has 0 spiro atoms. The van der Waals surface area contributed by atoms with Crippen LogP contribution in [0.1, 0.15) is 51.4 Å². The van der Waals surface area contributed by atoms with E-state index in [-0.39, 0.29) is 29.7 Å². The van der Waals surface area contributed by atoms with E-state index in [0.29, 0.717) is 17.8 Å². The van der Waals surface area contributed by atoms with Crippen molar-refractivity contribution >= 4 is 39.3 Å². The Morgan fingerprint density at radius 2 is 1.68 bits per heavy atom. The van der Waals surface area contributed by atoms with Crippen molar-refractivity contribution in [1.82, 2.24) is 5.32 Å². The lowest BCUT2D eigenvalue weighted by molar-refractivity contribution is -0.122. The molecule has 0 unspecified atom stereocenters. The van der Waals surface area contributed by atoms with E-state index in [4.69, 9.17) is 4.74 Å². The zero-order chi connectivity index (χ0) is 25.3. The monoisotopic (exact) mass is 556 g/mol. The molecule has 2 aliphatic heterocycles. The van der Waals surface area contributed by atoms with Crippen LogP contribution in [-0.2, 0) is 18.7 Å². The van der Waals surface area contributed by atoms with Crippen molar-refractivity contribution < 1.29 is 19.1 Å². The number of hydrogen-bond acceptors (Lipinski definition) is 4. The lowest BCUT2D eigenvalue weighted by Crippen LogP contribution is -2.50. The lowest BCUT2D eigenvalue weighted by Gasteiger charge is -2.51. The third-order valence-corrected chi connectivity index (χ3v) is 9.74. The van der Waals surface area contributed by atoms with E-state index in [0.717, 1.165) is 41.7 Å². The van der Waals surface area contributed by atoms with Crippen LogP contribution >= 0.6 is 15.9 Å². The number of imide groups is 1. The van der Waals surface area contributed by atoms with E-state index in [2.05, 4.69) is 45.5 Å². The van der Waals surface area contributed by atoms with Crippen LogP contribution in [0.5, 0.6) is 0 Å². The Morgan fingerprint density at radius 1 is 0.973 bits per heavy atom. The Kier molecular flexibility index (Phi) is 5.17. The van der Waals surface area contributed by atoms with Gasteiger partial charge in [0.25, 0.3) is 5.91 Å². The van der Waals surface area contributed by atoms with E-state index in [1.165, 1.54) is 4.90 Å². The Bertz CT molecular complexity index is 1420. The first kappa shape index (κ1) is 22.9. The summed E-state index contributed by atoms with van der Waals surface area (Å²) >= 11 is 4.02. The largest absolute Gasteiger partial charge is 0.376 e. The molecule has 6 nitrogen and oxygen atoms in total. The standard InChI is InChI=1S/C30H25BrN2O4/c31-30-22-12-3-1-10-20(22)24(21-11-2-4-13-23(21)30)25-26(30)29(36)33(28(25)35)18-8-5-7-17(15-18)27(34)32-16-19-9-6-14-37-19/h1-5,7-8,10-13,15,19,24-26H,6,9,14,16H2,(H,32,34)/t19-,24?,25-,26+,30?/m0/s1. The van der Waals surface area contributed by atoms with E-state index >= 15 is 0 Å². The minimum Gasteiger partial charge on any atom is -0.376 e. The van der Waals surface area contributed by atoms with Gasteiger partial charge in [0.1, 0.15) is 0 Å². The van der Waals surface area contributed by atoms with Gasteiger partial charge in [-0.25, -0.2) is 4.90 Å². The fourth-order valence-electron chi connectivity index (χ4n) is 6.83. The number of halogens is 1. The highest BCUT2D eigenvalue weighted by Crippen LogP contribution is 2.66. The fraction of sp³-hybridized carbons (Fsp3) is 0.300. The molecule has 3 atom stereocenters. The first-order valence-corrected chi connectivity index (χ1v) is 13.5. The van der Waals surface area contributed by atoms with Gasteiger partial charge in [-0.2, -0.15) is 0 Å². The van der Waals surface area contributed by atoms with Crippen molar-refractivity contribution in [3.63, 3.8) is 0 Å². The second-order valence-corrected chi connectivity index (χ2v) is 11.5. The van der Waals surface area contributed by atoms with Crippen LogP contribution in [0.3, 0.4) is 0 Å². The Morgan fingerprint density at radius 3 is 2.35 bits per heavy atom. The molecule has 5 aliphatic rings. The van der Waals surface area contributed by atoms with Gasteiger partial charge in [-0.05, 0) is 53.3 Å². The predicted octanol–water partition coefficient (Wildman–Crippen LogP) is 4.50. The number of carbonyl (C=O) groups excluding carboxylic acids is 3. The average Bonchev–Trinajstić information content (AvgIpc) is 3.54. The lowest BCUT2D eigenvalue weighted by atomic mass is 9.55. The maximum atomic E-state index is 14.1. The summed E-state index contributed by atoms with van der Waals surface area (Å²) in [5, 5.41) is 2.93. The van der Waals surface area contributed by atoms with Crippen LogP contribution in [0.25, 0.3) is 0 Å². The highest BCUT2D eigenvalue weighted by Gasteiger charge is 2.67. The number of carbonyl (C=O) groups is 3. The smallest absolute Gasteiger partial charge is 0.251 e. The summed E-state index contributed by atoms with van der Waals surface area (Å²) in [7, 11) is 0. The molecule has 3 aromatic carbocycles. The molecule has 3 aliphatic carbocycles. The topological polar surface area (TPSA) is 75.7 Å². The van der Waals surface area contributed by atoms with Gasteiger partial charge >= 0.3 is 0 Å². The maximum absolute atomic E-state index is 14.1. The first-order valence-electron chi connectivity index (χ1n) is 12.8. The molecule has 3 aromatic rings. The predicted molar refractivity (Wildman–Crippen MR) is 142 cm³/mol. The molecule has 2 heterocycles.